The van der Waals surface area contributed by atoms with Crippen LogP contribution in [-0.2, 0) is 0 Å². The average Bonchev–Trinajstić information content (AvgIpc) is 2.37. The second-order valence-corrected chi connectivity index (χ2v) is 6.36. The van der Waals surface area contributed by atoms with E-state index in [2.05, 4.69) is 29.5 Å². The highest BCUT2D eigenvalue weighted by atomic mass is 127. The largest absolute Gasteiger partial charge is 0.416 e. The van der Waals surface area contributed by atoms with E-state index in [0.29, 0.717) is 17.9 Å². The monoisotopic (exact) mass is 437 g/mol. The van der Waals surface area contributed by atoms with E-state index in [-0.39, 0.29) is 30.0 Å². The summed E-state index contributed by atoms with van der Waals surface area (Å²) in [6.07, 6.45) is -2.95. The first kappa shape index (κ1) is 21.8. The van der Waals surface area contributed by atoms with Gasteiger partial charge in [-0.3, -0.25) is 4.99 Å². The van der Waals surface area contributed by atoms with Crippen LogP contribution in [-0.4, -0.2) is 42.5 Å². The molecule has 0 spiro atoms. The first-order valence-electron chi connectivity index (χ1n) is 7.43. The second-order valence-electron chi connectivity index (χ2n) is 6.36. The number of halogens is 4. The number of guanidine groups is 1. The zero-order valence-corrected chi connectivity index (χ0v) is 15.7. The lowest BCUT2D eigenvalue weighted by atomic mass is 9.75. The smallest absolute Gasteiger partial charge is 0.382 e. The third-order valence-electron chi connectivity index (χ3n) is 3.82. The van der Waals surface area contributed by atoms with E-state index >= 15 is 0 Å². The van der Waals surface area contributed by atoms with E-state index < -0.39 is 18.8 Å². The van der Waals surface area contributed by atoms with Gasteiger partial charge in [-0.15, -0.1) is 24.0 Å². The Morgan fingerprint density at radius 3 is 2.32 bits per heavy atom. The second kappa shape index (κ2) is 9.14. The third kappa shape index (κ3) is 7.85. The molecule has 0 aromatic carbocycles. The Hall–Kier alpha value is -0.250. The minimum atomic E-state index is -4.63. The molecular formula is C14H27F3IN3O. The van der Waals surface area contributed by atoms with Crippen molar-refractivity contribution in [2.24, 2.45) is 10.4 Å². The minimum Gasteiger partial charge on any atom is -0.382 e. The molecule has 1 aliphatic rings. The van der Waals surface area contributed by atoms with Crippen molar-refractivity contribution in [3.05, 3.63) is 0 Å². The fourth-order valence-electron chi connectivity index (χ4n) is 2.34. The van der Waals surface area contributed by atoms with Gasteiger partial charge in [0.15, 0.2) is 12.1 Å². The lowest BCUT2D eigenvalue weighted by Crippen LogP contribution is -2.46. The van der Waals surface area contributed by atoms with Gasteiger partial charge in [0.2, 0.25) is 0 Å². The van der Waals surface area contributed by atoms with Crippen LogP contribution in [0.15, 0.2) is 4.99 Å². The van der Waals surface area contributed by atoms with Gasteiger partial charge in [0.1, 0.15) is 0 Å². The Labute approximate surface area is 147 Å². The SMILES string of the molecule is CCNC(=NCC(O)C(F)(F)F)NC1CCC(C)(C)CC1.I. The number of hydrogen-bond donors (Lipinski definition) is 3. The van der Waals surface area contributed by atoms with Crippen LogP contribution in [0.2, 0.25) is 0 Å². The summed E-state index contributed by atoms with van der Waals surface area (Å²) >= 11 is 0. The molecule has 0 amide bonds. The maximum atomic E-state index is 12.3. The predicted octanol–water partition coefficient (Wildman–Crippen LogP) is 3.05. The average molecular weight is 437 g/mol. The predicted molar refractivity (Wildman–Crippen MR) is 92.6 cm³/mol. The van der Waals surface area contributed by atoms with Gasteiger partial charge < -0.3 is 15.7 Å². The summed E-state index contributed by atoms with van der Waals surface area (Å²) in [6.45, 7) is 6.18. The van der Waals surface area contributed by atoms with Crippen molar-refractivity contribution in [3.8, 4) is 0 Å². The van der Waals surface area contributed by atoms with Crippen LogP contribution in [0.25, 0.3) is 0 Å². The van der Waals surface area contributed by atoms with Gasteiger partial charge in [0.05, 0.1) is 6.54 Å². The number of aliphatic hydroxyl groups is 1. The normalized spacial score (nSPS) is 21.0. The van der Waals surface area contributed by atoms with Crippen LogP contribution < -0.4 is 10.6 Å². The Bertz CT molecular complexity index is 352. The number of rotatable bonds is 4. The molecule has 0 aromatic heterocycles. The summed E-state index contributed by atoms with van der Waals surface area (Å²) < 4.78 is 36.8. The first-order chi connectivity index (χ1) is 9.64. The zero-order valence-electron chi connectivity index (χ0n) is 13.3. The highest BCUT2D eigenvalue weighted by molar-refractivity contribution is 14.0. The molecule has 1 unspecified atom stereocenters. The quantitative estimate of drug-likeness (QED) is 0.360. The summed E-state index contributed by atoms with van der Waals surface area (Å²) in [5.74, 6) is 0.338. The maximum Gasteiger partial charge on any atom is 0.416 e. The molecule has 22 heavy (non-hydrogen) atoms. The highest BCUT2D eigenvalue weighted by Gasteiger charge is 2.38. The molecule has 0 saturated heterocycles. The number of nitrogens with one attached hydrogen (secondary N) is 2. The third-order valence-corrected chi connectivity index (χ3v) is 3.82. The Morgan fingerprint density at radius 2 is 1.86 bits per heavy atom. The van der Waals surface area contributed by atoms with E-state index in [1.165, 1.54) is 0 Å². The molecule has 4 nitrogen and oxygen atoms in total. The zero-order chi connectivity index (χ0) is 16.1. The molecule has 0 bridgehead atoms. The standard InChI is InChI=1S/C14H26F3N3O.HI/c1-4-18-12(19-9-11(21)14(15,16)17)20-10-5-7-13(2,3)8-6-10;/h10-11,21H,4-9H2,1-3H3,(H2,18,19,20);1H. The summed E-state index contributed by atoms with van der Waals surface area (Å²) in [6, 6.07) is 0.221. The van der Waals surface area contributed by atoms with E-state index in [0.717, 1.165) is 25.7 Å². The van der Waals surface area contributed by atoms with E-state index in [4.69, 9.17) is 5.11 Å². The molecular weight excluding hydrogens is 410 g/mol. The van der Waals surface area contributed by atoms with Crippen LogP contribution in [0.3, 0.4) is 0 Å². The van der Waals surface area contributed by atoms with Gasteiger partial charge in [-0.05, 0) is 38.0 Å². The van der Waals surface area contributed by atoms with Gasteiger partial charge in [0.25, 0.3) is 0 Å². The summed E-state index contributed by atoms with van der Waals surface area (Å²) in [4.78, 5) is 3.83. The molecule has 0 radical (unpaired) electrons. The lowest BCUT2D eigenvalue weighted by molar-refractivity contribution is -0.199. The number of alkyl halides is 3. The van der Waals surface area contributed by atoms with Gasteiger partial charge in [-0.1, -0.05) is 13.8 Å². The van der Waals surface area contributed by atoms with Crippen LogP contribution in [0, 0.1) is 5.41 Å². The van der Waals surface area contributed by atoms with Crippen molar-refractivity contribution >= 4 is 29.9 Å². The Balaban J connectivity index is 0.00000441. The summed E-state index contributed by atoms with van der Waals surface area (Å²) in [7, 11) is 0. The van der Waals surface area contributed by atoms with Crippen LogP contribution in [0.5, 0.6) is 0 Å². The first-order valence-corrected chi connectivity index (χ1v) is 7.43. The number of nitrogens with zero attached hydrogens (tertiary/aromatic N) is 1. The lowest BCUT2D eigenvalue weighted by Gasteiger charge is -2.35. The molecule has 8 heteroatoms. The fourth-order valence-corrected chi connectivity index (χ4v) is 2.34. The maximum absolute atomic E-state index is 12.3. The molecule has 0 heterocycles. The molecule has 0 aliphatic heterocycles. The highest BCUT2D eigenvalue weighted by Crippen LogP contribution is 2.34. The molecule has 1 aliphatic carbocycles. The van der Waals surface area contributed by atoms with Crippen molar-refractivity contribution in [1.82, 2.24) is 10.6 Å². The minimum absolute atomic E-state index is 0. The van der Waals surface area contributed by atoms with Crippen LogP contribution in [0.4, 0.5) is 13.2 Å². The fraction of sp³-hybridized carbons (Fsp3) is 0.929. The number of aliphatic imine (C=N–C) groups is 1. The number of hydrogen-bond acceptors (Lipinski definition) is 2. The molecule has 1 atom stereocenters. The van der Waals surface area contributed by atoms with Crippen LogP contribution in [0.1, 0.15) is 46.5 Å². The molecule has 1 fully saturated rings. The van der Waals surface area contributed by atoms with Gasteiger partial charge in [-0.2, -0.15) is 13.2 Å². The van der Waals surface area contributed by atoms with Gasteiger partial charge in [0, 0.05) is 12.6 Å². The van der Waals surface area contributed by atoms with E-state index in [1.807, 2.05) is 6.92 Å². The van der Waals surface area contributed by atoms with E-state index in [1.54, 1.807) is 0 Å². The summed E-state index contributed by atoms with van der Waals surface area (Å²) in [5, 5.41) is 15.1. The van der Waals surface area contributed by atoms with Gasteiger partial charge in [-0.25, -0.2) is 0 Å². The number of aliphatic hydroxyl groups excluding tert-OH is 1. The van der Waals surface area contributed by atoms with Crippen molar-refractivity contribution in [1.29, 1.82) is 0 Å². The topological polar surface area (TPSA) is 56.7 Å². The van der Waals surface area contributed by atoms with E-state index in [9.17, 15) is 13.2 Å². The van der Waals surface area contributed by atoms with Crippen molar-refractivity contribution in [2.45, 2.75) is 64.8 Å². The molecule has 132 valence electrons. The molecule has 1 saturated carbocycles. The molecule has 3 N–H and O–H groups in total. The summed E-state index contributed by atoms with van der Waals surface area (Å²) in [5.41, 5.74) is 0.333. The van der Waals surface area contributed by atoms with Crippen molar-refractivity contribution in [3.63, 3.8) is 0 Å². The van der Waals surface area contributed by atoms with Gasteiger partial charge >= 0.3 is 6.18 Å². The Morgan fingerprint density at radius 1 is 1.32 bits per heavy atom. The van der Waals surface area contributed by atoms with Crippen molar-refractivity contribution < 1.29 is 18.3 Å². The van der Waals surface area contributed by atoms with Crippen molar-refractivity contribution in [2.75, 3.05) is 13.1 Å². The molecule has 1 rings (SSSR count). The molecule has 0 aromatic rings. The Kier molecular flexibility index (Phi) is 9.04. The van der Waals surface area contributed by atoms with Crippen LogP contribution >= 0.6 is 24.0 Å².